The highest BCUT2D eigenvalue weighted by Crippen LogP contribution is 2.38. The summed E-state index contributed by atoms with van der Waals surface area (Å²) in [5.41, 5.74) is 0.436. The third-order valence-corrected chi connectivity index (χ3v) is 5.68. The molecule has 0 fully saturated rings. The zero-order valence-electron chi connectivity index (χ0n) is 17.7. The lowest BCUT2D eigenvalue weighted by molar-refractivity contribution is -0.122. The van der Waals surface area contributed by atoms with E-state index in [1.54, 1.807) is 12.1 Å². The summed E-state index contributed by atoms with van der Waals surface area (Å²) in [7, 11) is 0.385. The lowest BCUT2D eigenvalue weighted by Gasteiger charge is -2.28. The Bertz CT molecular complexity index is 1040. The molecule has 31 heavy (non-hydrogen) atoms. The summed E-state index contributed by atoms with van der Waals surface area (Å²) in [6.45, 7) is 1.36. The van der Waals surface area contributed by atoms with Gasteiger partial charge >= 0.3 is 0 Å². The molecule has 1 N–H and O–H groups in total. The van der Waals surface area contributed by atoms with E-state index in [2.05, 4.69) is 5.32 Å². The van der Waals surface area contributed by atoms with Crippen molar-refractivity contribution in [1.82, 2.24) is 5.32 Å². The maximum Gasteiger partial charge on any atom is 0.243 e. The lowest BCUT2D eigenvalue weighted by atomic mass is 10.1. The van der Waals surface area contributed by atoms with E-state index in [9.17, 15) is 22.0 Å². The zero-order chi connectivity index (χ0) is 23.3. The molecule has 0 aliphatic carbocycles. The van der Waals surface area contributed by atoms with Crippen molar-refractivity contribution in [3.05, 3.63) is 47.5 Å². The third-order valence-electron chi connectivity index (χ3n) is 4.44. The maximum absolute atomic E-state index is 13.6. The monoisotopic (exact) mass is 458 g/mol. The molecule has 0 aliphatic rings. The number of hydrogen-bond donors (Lipinski definition) is 1. The molecule has 0 aromatic heterocycles. The number of nitrogens with zero attached hydrogens (tertiary/aromatic N) is 1. The Hall–Kier alpha value is -3.08. The van der Waals surface area contributed by atoms with E-state index in [0.717, 1.165) is 28.8 Å². The minimum absolute atomic E-state index is 0.0231. The molecule has 0 saturated carbocycles. The van der Waals surface area contributed by atoms with Crippen LogP contribution in [0, 0.1) is 11.6 Å². The van der Waals surface area contributed by atoms with Crippen molar-refractivity contribution in [2.24, 2.45) is 0 Å². The fourth-order valence-corrected chi connectivity index (χ4v) is 4.17. The molecule has 11 heteroatoms. The molecule has 0 radical (unpaired) electrons. The highest BCUT2D eigenvalue weighted by molar-refractivity contribution is 7.92. The van der Waals surface area contributed by atoms with Gasteiger partial charge in [0.1, 0.15) is 6.04 Å². The van der Waals surface area contributed by atoms with Crippen molar-refractivity contribution in [2.75, 3.05) is 31.9 Å². The Balaban J connectivity index is 2.26. The molecule has 0 aliphatic heterocycles. The number of nitrogens with one attached hydrogen (secondary N) is 1. The molecule has 2 aromatic carbocycles. The fourth-order valence-electron chi connectivity index (χ4n) is 3.01. The molecule has 0 saturated heterocycles. The van der Waals surface area contributed by atoms with Crippen LogP contribution >= 0.6 is 0 Å². The first kappa shape index (κ1) is 24.2. The standard InChI is InChI=1S/C20H24F2N2O6S/c1-12(24(31(5,26)27)14-6-7-15(21)16(22)10-14)20(25)23-11-13-8-17(28-2)19(30-4)18(9-13)29-3/h6-10,12H,11H2,1-5H3,(H,23,25)/t12-/m1/s1. The summed E-state index contributed by atoms with van der Waals surface area (Å²) >= 11 is 0. The Kier molecular flexibility index (Phi) is 7.66. The molecule has 0 bridgehead atoms. The molecule has 2 rings (SSSR count). The number of hydrogen-bond acceptors (Lipinski definition) is 6. The number of sulfonamides is 1. The molecule has 0 spiro atoms. The SMILES string of the molecule is COc1cc(CNC(=O)[C@@H](C)N(c2ccc(F)c(F)c2)S(C)(=O)=O)cc(OC)c1OC. The largest absolute Gasteiger partial charge is 0.493 e. The van der Waals surface area contributed by atoms with Crippen LogP contribution in [0.4, 0.5) is 14.5 Å². The first-order valence-electron chi connectivity index (χ1n) is 9.04. The first-order chi connectivity index (χ1) is 14.5. The van der Waals surface area contributed by atoms with E-state index in [4.69, 9.17) is 14.2 Å². The lowest BCUT2D eigenvalue weighted by Crippen LogP contribution is -2.47. The quantitative estimate of drug-likeness (QED) is 0.621. The zero-order valence-corrected chi connectivity index (χ0v) is 18.5. The van der Waals surface area contributed by atoms with Gasteiger partial charge in [0.2, 0.25) is 21.7 Å². The van der Waals surface area contributed by atoms with Crippen LogP contribution in [0.2, 0.25) is 0 Å². The number of methoxy groups -OCH3 is 3. The Morgan fingerprint density at radius 1 is 1.03 bits per heavy atom. The summed E-state index contributed by atoms with van der Waals surface area (Å²) in [5.74, 6) is -1.84. The van der Waals surface area contributed by atoms with Crippen molar-refractivity contribution in [1.29, 1.82) is 0 Å². The number of ether oxygens (including phenoxy) is 3. The molecule has 1 atom stereocenters. The third kappa shape index (κ3) is 5.54. The van der Waals surface area contributed by atoms with Crippen molar-refractivity contribution >= 4 is 21.6 Å². The minimum Gasteiger partial charge on any atom is -0.493 e. The highest BCUT2D eigenvalue weighted by Gasteiger charge is 2.29. The average molecular weight is 458 g/mol. The van der Waals surface area contributed by atoms with Crippen LogP contribution < -0.4 is 23.8 Å². The van der Waals surface area contributed by atoms with Crippen LogP contribution in [0.1, 0.15) is 12.5 Å². The summed E-state index contributed by atoms with van der Waals surface area (Å²) < 4.78 is 67.9. The second-order valence-electron chi connectivity index (χ2n) is 6.58. The van der Waals surface area contributed by atoms with Crippen LogP contribution in [0.25, 0.3) is 0 Å². The number of benzene rings is 2. The minimum atomic E-state index is -3.98. The molecular formula is C20H24F2N2O6S. The van der Waals surface area contributed by atoms with Crippen LogP contribution in [0.15, 0.2) is 30.3 Å². The van der Waals surface area contributed by atoms with Gasteiger partial charge in [0.15, 0.2) is 23.1 Å². The fraction of sp³-hybridized carbons (Fsp3) is 0.350. The van der Waals surface area contributed by atoms with Crippen molar-refractivity contribution in [3.63, 3.8) is 0 Å². The molecule has 1 amide bonds. The van der Waals surface area contributed by atoms with Gasteiger partial charge in [-0.15, -0.1) is 0 Å². The number of amides is 1. The molecule has 0 heterocycles. The average Bonchev–Trinajstić information content (AvgIpc) is 2.72. The molecule has 170 valence electrons. The predicted molar refractivity (Wildman–Crippen MR) is 111 cm³/mol. The first-order valence-corrected chi connectivity index (χ1v) is 10.9. The Morgan fingerprint density at radius 2 is 1.61 bits per heavy atom. The van der Waals surface area contributed by atoms with Crippen LogP contribution in [0.3, 0.4) is 0 Å². The topological polar surface area (TPSA) is 94.2 Å². The van der Waals surface area contributed by atoms with E-state index in [0.29, 0.717) is 22.8 Å². The second-order valence-corrected chi connectivity index (χ2v) is 8.44. The van der Waals surface area contributed by atoms with E-state index in [1.165, 1.54) is 28.3 Å². The Morgan fingerprint density at radius 3 is 2.06 bits per heavy atom. The van der Waals surface area contributed by atoms with Crippen molar-refractivity contribution < 1.29 is 36.2 Å². The van der Waals surface area contributed by atoms with Gasteiger partial charge in [-0.2, -0.15) is 0 Å². The molecule has 0 unspecified atom stereocenters. The van der Waals surface area contributed by atoms with E-state index >= 15 is 0 Å². The number of carbonyl (C=O) groups is 1. The van der Waals surface area contributed by atoms with E-state index in [1.807, 2.05) is 0 Å². The Labute approximate surface area is 179 Å². The van der Waals surface area contributed by atoms with E-state index < -0.39 is 33.6 Å². The van der Waals surface area contributed by atoms with Gasteiger partial charge in [0.05, 0.1) is 33.3 Å². The van der Waals surface area contributed by atoms with Crippen LogP contribution in [-0.2, 0) is 21.4 Å². The van der Waals surface area contributed by atoms with E-state index in [-0.39, 0.29) is 12.2 Å². The summed E-state index contributed by atoms with van der Waals surface area (Å²) in [4.78, 5) is 12.7. The molecular weight excluding hydrogens is 434 g/mol. The van der Waals surface area contributed by atoms with Crippen LogP contribution in [0.5, 0.6) is 17.2 Å². The number of carbonyl (C=O) groups excluding carboxylic acids is 1. The number of anilines is 1. The summed E-state index contributed by atoms with van der Waals surface area (Å²) in [6, 6.07) is 4.64. The summed E-state index contributed by atoms with van der Waals surface area (Å²) in [5, 5.41) is 2.62. The van der Waals surface area contributed by atoms with Gasteiger partial charge in [0, 0.05) is 12.6 Å². The maximum atomic E-state index is 13.6. The van der Waals surface area contributed by atoms with Gasteiger partial charge in [-0.25, -0.2) is 17.2 Å². The van der Waals surface area contributed by atoms with Crippen LogP contribution in [-0.4, -0.2) is 48.0 Å². The number of rotatable bonds is 9. The summed E-state index contributed by atoms with van der Waals surface area (Å²) in [6.07, 6.45) is 0.872. The number of halogens is 2. The molecule has 8 nitrogen and oxygen atoms in total. The van der Waals surface area contributed by atoms with Crippen molar-refractivity contribution in [2.45, 2.75) is 19.5 Å². The van der Waals surface area contributed by atoms with Gasteiger partial charge in [0.25, 0.3) is 0 Å². The van der Waals surface area contributed by atoms with Gasteiger partial charge < -0.3 is 19.5 Å². The highest BCUT2D eigenvalue weighted by atomic mass is 32.2. The second kappa shape index (κ2) is 9.82. The molecule has 2 aromatic rings. The van der Waals surface area contributed by atoms with Gasteiger partial charge in [-0.05, 0) is 36.8 Å². The predicted octanol–water partition coefficient (Wildman–Crippen LogP) is 2.46. The van der Waals surface area contributed by atoms with Crippen molar-refractivity contribution in [3.8, 4) is 17.2 Å². The smallest absolute Gasteiger partial charge is 0.243 e. The normalized spacial score (nSPS) is 12.1. The van der Waals surface area contributed by atoms with Gasteiger partial charge in [-0.1, -0.05) is 0 Å². The van der Waals surface area contributed by atoms with Gasteiger partial charge in [-0.3, -0.25) is 9.10 Å².